The first-order valence-corrected chi connectivity index (χ1v) is 10.8. The zero-order valence-corrected chi connectivity index (χ0v) is 15.9. The highest BCUT2D eigenvalue weighted by Crippen LogP contribution is 2.30. The molecule has 26 heavy (non-hydrogen) atoms. The summed E-state index contributed by atoms with van der Waals surface area (Å²) in [7, 11) is -1.33. The lowest BCUT2D eigenvalue weighted by atomic mass is 10.0. The summed E-state index contributed by atoms with van der Waals surface area (Å²) in [5.74, 6) is 1.03. The minimum Gasteiger partial charge on any atom is -0.495 e. The van der Waals surface area contributed by atoms with E-state index in [4.69, 9.17) is 9.47 Å². The maximum absolute atomic E-state index is 12.3. The minimum atomic E-state index is -2.90. The number of methoxy groups -OCH3 is 1. The van der Waals surface area contributed by atoms with Gasteiger partial charge in [0.05, 0.1) is 37.5 Å². The second kappa shape index (κ2) is 8.26. The monoisotopic (exact) mass is 382 g/mol. The van der Waals surface area contributed by atoms with Crippen molar-refractivity contribution >= 4 is 27.1 Å². The third-order valence-electron chi connectivity index (χ3n) is 4.94. The van der Waals surface area contributed by atoms with E-state index < -0.39 is 9.84 Å². The zero-order valence-electron chi connectivity index (χ0n) is 15.1. The summed E-state index contributed by atoms with van der Waals surface area (Å²) in [6.45, 7) is 3.02. The van der Waals surface area contributed by atoms with Crippen molar-refractivity contribution in [1.29, 1.82) is 0 Å². The standard InChI is InChI=1S/C18H26N2O5S/c1-24-17-4-3-15(20-7-9-25-10-8-20)12-16(17)19-18(21)5-2-14-6-11-26(22,23)13-14/h3-4,12,14H,2,5-11,13H2,1H3,(H,19,21). The fourth-order valence-electron chi connectivity index (χ4n) is 3.46. The fourth-order valence-corrected chi connectivity index (χ4v) is 5.37. The number of carbonyl (C=O) groups is 1. The van der Waals surface area contributed by atoms with Crippen molar-refractivity contribution < 1.29 is 22.7 Å². The van der Waals surface area contributed by atoms with Crippen LogP contribution in [-0.2, 0) is 19.4 Å². The van der Waals surface area contributed by atoms with Gasteiger partial charge in [0.2, 0.25) is 5.91 Å². The molecule has 8 heteroatoms. The lowest BCUT2D eigenvalue weighted by Crippen LogP contribution is -2.36. The number of nitrogens with zero attached hydrogens (tertiary/aromatic N) is 1. The summed E-state index contributed by atoms with van der Waals surface area (Å²) < 4.78 is 33.8. The van der Waals surface area contributed by atoms with Gasteiger partial charge in [-0.25, -0.2) is 8.42 Å². The SMILES string of the molecule is COc1ccc(N2CCOCC2)cc1NC(=O)CCC1CCS(=O)(=O)C1. The lowest BCUT2D eigenvalue weighted by Gasteiger charge is -2.29. The van der Waals surface area contributed by atoms with Gasteiger partial charge in [-0.1, -0.05) is 0 Å². The molecule has 0 radical (unpaired) electrons. The number of hydrogen-bond acceptors (Lipinski definition) is 6. The smallest absolute Gasteiger partial charge is 0.224 e. The van der Waals surface area contributed by atoms with Gasteiger partial charge >= 0.3 is 0 Å². The summed E-state index contributed by atoms with van der Waals surface area (Å²) in [4.78, 5) is 14.5. The van der Waals surface area contributed by atoms with Crippen molar-refractivity contribution in [2.45, 2.75) is 19.3 Å². The predicted octanol–water partition coefficient (Wildman–Crippen LogP) is 1.69. The number of morpholine rings is 1. The Bertz CT molecular complexity index is 744. The first-order chi connectivity index (χ1) is 12.5. The third kappa shape index (κ3) is 4.88. The van der Waals surface area contributed by atoms with Gasteiger partial charge in [0.25, 0.3) is 0 Å². The Balaban J connectivity index is 1.61. The number of hydrogen-bond donors (Lipinski definition) is 1. The molecule has 0 spiro atoms. The Morgan fingerprint density at radius 1 is 1.35 bits per heavy atom. The van der Waals surface area contributed by atoms with Gasteiger partial charge in [-0.15, -0.1) is 0 Å². The van der Waals surface area contributed by atoms with Crippen LogP contribution in [0.15, 0.2) is 18.2 Å². The van der Waals surface area contributed by atoms with Gasteiger partial charge in [-0.3, -0.25) is 4.79 Å². The molecule has 1 unspecified atom stereocenters. The molecule has 2 aliphatic rings. The van der Waals surface area contributed by atoms with E-state index in [1.807, 2.05) is 18.2 Å². The Labute approximate surface area is 154 Å². The van der Waals surface area contributed by atoms with Gasteiger partial charge in [-0.05, 0) is 37.0 Å². The molecule has 0 saturated carbocycles. The third-order valence-corrected chi connectivity index (χ3v) is 6.78. The second-order valence-corrected chi connectivity index (χ2v) is 9.07. The molecular weight excluding hydrogens is 356 g/mol. The molecule has 1 aromatic carbocycles. The number of carbonyl (C=O) groups excluding carboxylic acids is 1. The largest absolute Gasteiger partial charge is 0.495 e. The molecule has 2 aliphatic heterocycles. The van der Waals surface area contributed by atoms with Crippen molar-refractivity contribution in [3.63, 3.8) is 0 Å². The van der Waals surface area contributed by atoms with E-state index >= 15 is 0 Å². The topological polar surface area (TPSA) is 84.9 Å². The molecule has 1 aromatic rings. The molecule has 2 saturated heterocycles. The number of rotatable bonds is 6. The van der Waals surface area contributed by atoms with Crippen LogP contribution in [0.5, 0.6) is 5.75 Å². The van der Waals surface area contributed by atoms with Gasteiger partial charge in [0.1, 0.15) is 5.75 Å². The second-order valence-electron chi connectivity index (χ2n) is 6.84. The van der Waals surface area contributed by atoms with Crippen LogP contribution in [0.3, 0.4) is 0 Å². The highest BCUT2D eigenvalue weighted by atomic mass is 32.2. The summed E-state index contributed by atoms with van der Waals surface area (Å²) in [5, 5.41) is 2.91. The molecule has 0 aromatic heterocycles. The Morgan fingerprint density at radius 2 is 2.12 bits per heavy atom. The molecule has 2 heterocycles. The van der Waals surface area contributed by atoms with Crippen molar-refractivity contribution in [3.8, 4) is 5.75 Å². The summed E-state index contributed by atoms with van der Waals surface area (Å²) in [6.07, 6.45) is 1.56. The molecule has 1 atom stereocenters. The van der Waals surface area contributed by atoms with Crippen LogP contribution in [-0.4, -0.2) is 59.2 Å². The normalized spacial score (nSPS) is 22.2. The molecule has 0 bridgehead atoms. The maximum Gasteiger partial charge on any atom is 0.224 e. The number of nitrogens with one attached hydrogen (secondary N) is 1. The molecule has 7 nitrogen and oxygen atoms in total. The lowest BCUT2D eigenvalue weighted by molar-refractivity contribution is -0.116. The molecule has 2 fully saturated rings. The molecule has 144 valence electrons. The van der Waals surface area contributed by atoms with E-state index in [0.717, 1.165) is 18.8 Å². The van der Waals surface area contributed by atoms with Crippen LogP contribution in [0.25, 0.3) is 0 Å². The van der Waals surface area contributed by atoms with Crippen LogP contribution < -0.4 is 15.0 Å². The Hall–Kier alpha value is -1.80. The number of ether oxygens (including phenoxy) is 2. The van der Waals surface area contributed by atoms with Crippen LogP contribution in [0.1, 0.15) is 19.3 Å². The number of benzene rings is 1. The average molecular weight is 382 g/mol. The molecular formula is C18H26N2O5S. The van der Waals surface area contributed by atoms with E-state index in [2.05, 4.69) is 10.2 Å². The van der Waals surface area contributed by atoms with Crippen molar-refractivity contribution in [2.24, 2.45) is 5.92 Å². The number of amides is 1. The van der Waals surface area contributed by atoms with E-state index in [-0.39, 0.29) is 23.3 Å². The van der Waals surface area contributed by atoms with Crippen molar-refractivity contribution in [2.75, 3.05) is 55.1 Å². The molecule has 0 aliphatic carbocycles. The van der Waals surface area contributed by atoms with Crippen molar-refractivity contribution in [3.05, 3.63) is 18.2 Å². The number of sulfone groups is 1. The van der Waals surface area contributed by atoms with Gasteiger partial charge in [0, 0.05) is 25.2 Å². The summed E-state index contributed by atoms with van der Waals surface area (Å²) in [6, 6.07) is 5.75. The van der Waals surface area contributed by atoms with E-state index in [0.29, 0.717) is 43.9 Å². The van der Waals surface area contributed by atoms with E-state index in [9.17, 15) is 13.2 Å². The first-order valence-electron chi connectivity index (χ1n) is 8.98. The minimum absolute atomic E-state index is 0.0901. The molecule has 1 amide bonds. The van der Waals surface area contributed by atoms with Gasteiger partial charge in [0.15, 0.2) is 9.84 Å². The van der Waals surface area contributed by atoms with Crippen LogP contribution in [0.2, 0.25) is 0 Å². The quantitative estimate of drug-likeness (QED) is 0.806. The fraction of sp³-hybridized carbons (Fsp3) is 0.611. The predicted molar refractivity (Wildman–Crippen MR) is 101 cm³/mol. The summed E-state index contributed by atoms with van der Waals surface area (Å²) in [5.41, 5.74) is 1.66. The molecule has 1 N–H and O–H groups in total. The number of anilines is 2. The van der Waals surface area contributed by atoms with Gasteiger partial charge < -0.3 is 19.7 Å². The van der Waals surface area contributed by atoms with Crippen LogP contribution in [0.4, 0.5) is 11.4 Å². The van der Waals surface area contributed by atoms with Crippen LogP contribution >= 0.6 is 0 Å². The van der Waals surface area contributed by atoms with Gasteiger partial charge in [-0.2, -0.15) is 0 Å². The highest BCUT2D eigenvalue weighted by Gasteiger charge is 2.28. The Morgan fingerprint density at radius 3 is 2.77 bits per heavy atom. The van der Waals surface area contributed by atoms with E-state index in [1.54, 1.807) is 7.11 Å². The highest BCUT2D eigenvalue weighted by molar-refractivity contribution is 7.91. The molecule has 3 rings (SSSR count). The zero-order chi connectivity index (χ0) is 18.6. The Kier molecular flexibility index (Phi) is 6.03. The van der Waals surface area contributed by atoms with E-state index in [1.165, 1.54) is 0 Å². The van der Waals surface area contributed by atoms with Crippen LogP contribution in [0, 0.1) is 5.92 Å². The summed E-state index contributed by atoms with van der Waals surface area (Å²) >= 11 is 0. The average Bonchev–Trinajstić information content (AvgIpc) is 2.99. The first kappa shape index (κ1) is 19.0. The maximum atomic E-state index is 12.3. The van der Waals surface area contributed by atoms with Crippen molar-refractivity contribution in [1.82, 2.24) is 0 Å².